The van der Waals surface area contributed by atoms with Gasteiger partial charge < -0.3 is 0 Å². The maximum Gasteiger partial charge on any atom is 0.0178 e. The molecule has 0 radical (unpaired) electrons. The summed E-state index contributed by atoms with van der Waals surface area (Å²) in [7, 11) is 0. The zero-order valence-corrected chi connectivity index (χ0v) is 11.1. The summed E-state index contributed by atoms with van der Waals surface area (Å²) >= 11 is 7.01. The van der Waals surface area contributed by atoms with Crippen LogP contribution in [0.5, 0.6) is 0 Å². The Hall–Kier alpha value is 0.180. The molecule has 2 atom stereocenters. The Balaban J connectivity index is 2.82. The molecule has 1 rings (SSSR count). The van der Waals surface area contributed by atoms with E-state index in [0.29, 0.717) is 11.8 Å². The van der Waals surface area contributed by atoms with Crippen LogP contribution in [0.1, 0.15) is 25.3 Å². The van der Waals surface area contributed by atoms with Crippen LogP contribution in [0.15, 0.2) is 28.7 Å². The predicted molar refractivity (Wildman–Crippen MR) is 65.5 cm³/mol. The van der Waals surface area contributed by atoms with Gasteiger partial charge in [-0.2, -0.15) is 0 Å². The Morgan fingerprint density at radius 2 is 2.00 bits per heavy atom. The van der Waals surface area contributed by atoms with Gasteiger partial charge >= 0.3 is 0 Å². The van der Waals surface area contributed by atoms with Crippen LogP contribution < -0.4 is 0 Å². The summed E-state index contributed by atoms with van der Waals surface area (Å²) in [4.78, 5) is 0. The molecule has 0 saturated heterocycles. The van der Waals surface area contributed by atoms with Gasteiger partial charge in [0, 0.05) is 9.80 Å². The lowest BCUT2D eigenvalue weighted by molar-refractivity contribution is 0.547. The van der Waals surface area contributed by atoms with E-state index in [4.69, 9.17) is 0 Å². The van der Waals surface area contributed by atoms with E-state index in [1.807, 2.05) is 0 Å². The molecule has 0 aromatic heterocycles. The van der Waals surface area contributed by atoms with E-state index in [9.17, 15) is 0 Å². The van der Waals surface area contributed by atoms with Gasteiger partial charge in [-0.25, -0.2) is 0 Å². The second-order valence-electron chi connectivity index (χ2n) is 3.48. The monoisotopic (exact) mass is 304 g/mol. The molecule has 72 valence electrons. The third-order valence-corrected chi connectivity index (χ3v) is 3.99. The van der Waals surface area contributed by atoms with Crippen LogP contribution in [0.3, 0.4) is 0 Å². The van der Waals surface area contributed by atoms with Crippen molar-refractivity contribution >= 4 is 31.9 Å². The summed E-state index contributed by atoms with van der Waals surface area (Å²) < 4.78 is 1.17. The number of rotatable bonds is 3. The maximum atomic E-state index is 3.52. The fourth-order valence-corrected chi connectivity index (χ4v) is 2.23. The first kappa shape index (κ1) is 11.3. The standard InChI is InChI=1S/C11H14Br2/c1-8(7-12)9(2)10-4-3-5-11(13)6-10/h3-6,8-9H,7H2,1-2H3. The van der Waals surface area contributed by atoms with Gasteiger partial charge in [0.2, 0.25) is 0 Å². The van der Waals surface area contributed by atoms with Gasteiger partial charge in [-0.1, -0.05) is 57.8 Å². The lowest BCUT2D eigenvalue weighted by atomic mass is 9.90. The van der Waals surface area contributed by atoms with Gasteiger partial charge in [-0.15, -0.1) is 0 Å². The number of alkyl halides is 1. The third-order valence-electron chi connectivity index (χ3n) is 2.47. The molecule has 1 aromatic rings. The van der Waals surface area contributed by atoms with Gasteiger partial charge in [-0.05, 0) is 29.5 Å². The Kier molecular flexibility index (Phi) is 4.47. The summed E-state index contributed by atoms with van der Waals surface area (Å²) in [6.07, 6.45) is 0. The van der Waals surface area contributed by atoms with E-state index < -0.39 is 0 Å². The lowest BCUT2D eigenvalue weighted by Crippen LogP contribution is -2.07. The molecule has 13 heavy (non-hydrogen) atoms. The number of hydrogen-bond acceptors (Lipinski definition) is 0. The van der Waals surface area contributed by atoms with Gasteiger partial charge in [0.25, 0.3) is 0 Å². The summed E-state index contributed by atoms with van der Waals surface area (Å²) in [5.74, 6) is 1.28. The highest BCUT2D eigenvalue weighted by Crippen LogP contribution is 2.27. The normalized spacial score (nSPS) is 15.4. The van der Waals surface area contributed by atoms with Gasteiger partial charge in [0.1, 0.15) is 0 Å². The van der Waals surface area contributed by atoms with Crippen molar-refractivity contribution in [2.45, 2.75) is 19.8 Å². The Morgan fingerprint density at radius 3 is 2.54 bits per heavy atom. The first-order valence-electron chi connectivity index (χ1n) is 4.46. The van der Waals surface area contributed by atoms with Crippen LogP contribution in [-0.4, -0.2) is 5.33 Å². The van der Waals surface area contributed by atoms with Crippen LogP contribution in [0.4, 0.5) is 0 Å². The second-order valence-corrected chi connectivity index (χ2v) is 5.04. The minimum atomic E-state index is 0.608. The van der Waals surface area contributed by atoms with Crippen molar-refractivity contribution in [3.8, 4) is 0 Å². The van der Waals surface area contributed by atoms with E-state index in [1.165, 1.54) is 10.0 Å². The average Bonchev–Trinajstić information content (AvgIpc) is 2.15. The first-order valence-corrected chi connectivity index (χ1v) is 6.38. The fourth-order valence-electron chi connectivity index (χ4n) is 1.25. The smallest absolute Gasteiger partial charge is 0.0178 e. The van der Waals surface area contributed by atoms with E-state index in [1.54, 1.807) is 0 Å². The van der Waals surface area contributed by atoms with E-state index in [-0.39, 0.29) is 0 Å². The molecular weight excluding hydrogens is 292 g/mol. The minimum absolute atomic E-state index is 0.608. The van der Waals surface area contributed by atoms with E-state index >= 15 is 0 Å². The molecule has 0 saturated carbocycles. The van der Waals surface area contributed by atoms with Crippen molar-refractivity contribution in [1.82, 2.24) is 0 Å². The molecule has 2 heteroatoms. The molecule has 0 aliphatic carbocycles. The molecule has 0 amide bonds. The van der Waals surface area contributed by atoms with E-state index in [2.05, 4.69) is 70.0 Å². The van der Waals surface area contributed by atoms with Gasteiger partial charge in [0.05, 0.1) is 0 Å². The second kappa shape index (κ2) is 5.16. The molecule has 2 unspecified atom stereocenters. The van der Waals surface area contributed by atoms with Crippen LogP contribution >= 0.6 is 31.9 Å². The highest BCUT2D eigenvalue weighted by Gasteiger charge is 2.12. The third kappa shape index (κ3) is 3.10. The predicted octanol–water partition coefficient (Wildman–Crippen LogP) is 4.58. The number of halogens is 2. The van der Waals surface area contributed by atoms with Crippen molar-refractivity contribution in [1.29, 1.82) is 0 Å². The number of hydrogen-bond donors (Lipinski definition) is 0. The van der Waals surface area contributed by atoms with Gasteiger partial charge in [-0.3, -0.25) is 0 Å². The number of benzene rings is 1. The summed E-state index contributed by atoms with van der Waals surface area (Å²) in [5.41, 5.74) is 1.40. The van der Waals surface area contributed by atoms with Gasteiger partial charge in [0.15, 0.2) is 0 Å². The summed E-state index contributed by atoms with van der Waals surface area (Å²) in [6.45, 7) is 4.54. The van der Waals surface area contributed by atoms with Crippen molar-refractivity contribution in [3.63, 3.8) is 0 Å². The Bertz CT molecular complexity index is 271. The zero-order valence-electron chi connectivity index (χ0n) is 7.93. The first-order chi connectivity index (χ1) is 6.15. The lowest BCUT2D eigenvalue weighted by Gasteiger charge is -2.18. The Labute approximate surface area is 97.0 Å². The maximum absolute atomic E-state index is 3.52. The Morgan fingerprint density at radius 1 is 1.31 bits per heavy atom. The topological polar surface area (TPSA) is 0 Å². The molecule has 0 heterocycles. The summed E-state index contributed by atoms with van der Waals surface area (Å²) in [6, 6.07) is 8.55. The molecule has 0 bridgehead atoms. The summed E-state index contributed by atoms with van der Waals surface area (Å²) in [5, 5.41) is 1.06. The zero-order chi connectivity index (χ0) is 9.84. The van der Waals surface area contributed by atoms with Crippen LogP contribution in [0.2, 0.25) is 0 Å². The average molecular weight is 306 g/mol. The van der Waals surface area contributed by atoms with Crippen molar-refractivity contribution in [3.05, 3.63) is 34.3 Å². The molecule has 0 aliphatic heterocycles. The van der Waals surface area contributed by atoms with Crippen LogP contribution in [0.25, 0.3) is 0 Å². The van der Waals surface area contributed by atoms with Crippen molar-refractivity contribution in [2.75, 3.05) is 5.33 Å². The van der Waals surface area contributed by atoms with E-state index in [0.717, 1.165) is 5.33 Å². The fraction of sp³-hybridized carbons (Fsp3) is 0.455. The van der Waals surface area contributed by atoms with Crippen LogP contribution in [-0.2, 0) is 0 Å². The molecule has 0 N–H and O–H groups in total. The molecular formula is C11H14Br2. The highest BCUT2D eigenvalue weighted by molar-refractivity contribution is 9.10. The SMILES string of the molecule is CC(CBr)C(C)c1cccc(Br)c1. The quantitative estimate of drug-likeness (QED) is 0.717. The van der Waals surface area contributed by atoms with Crippen molar-refractivity contribution < 1.29 is 0 Å². The molecule has 0 nitrogen and oxygen atoms in total. The molecule has 0 spiro atoms. The molecule has 0 aliphatic rings. The minimum Gasteiger partial charge on any atom is -0.0925 e. The highest BCUT2D eigenvalue weighted by atomic mass is 79.9. The molecule has 0 fully saturated rings. The largest absolute Gasteiger partial charge is 0.0925 e. The van der Waals surface area contributed by atoms with Crippen LogP contribution in [0, 0.1) is 5.92 Å². The van der Waals surface area contributed by atoms with Crippen molar-refractivity contribution in [2.24, 2.45) is 5.92 Å². The molecule has 1 aromatic carbocycles.